The van der Waals surface area contributed by atoms with E-state index in [-0.39, 0.29) is 5.60 Å². The standard InChI is InChI=1S/C15H21N3O/c1-15(2,19-3)8-9-18-11-12(10-17-18)13-6-4-5-7-14(13)16/h4-7,10-11H,8-9,16H2,1-3H3. The molecule has 0 bridgehead atoms. The number of methoxy groups -OCH3 is 1. The Morgan fingerprint density at radius 2 is 2.05 bits per heavy atom. The smallest absolute Gasteiger partial charge is 0.0640 e. The van der Waals surface area contributed by atoms with Crippen molar-refractivity contribution in [1.82, 2.24) is 9.78 Å². The van der Waals surface area contributed by atoms with Gasteiger partial charge in [0.05, 0.1) is 11.8 Å². The van der Waals surface area contributed by atoms with Gasteiger partial charge < -0.3 is 10.5 Å². The molecule has 0 saturated carbocycles. The van der Waals surface area contributed by atoms with E-state index in [1.54, 1.807) is 7.11 Å². The zero-order chi connectivity index (χ0) is 13.9. The molecule has 1 aromatic heterocycles. The number of nitrogen functional groups attached to an aromatic ring is 1. The molecule has 0 aliphatic carbocycles. The van der Waals surface area contributed by atoms with Gasteiger partial charge in [0.25, 0.3) is 0 Å². The highest BCUT2D eigenvalue weighted by Gasteiger charge is 2.16. The normalized spacial score (nSPS) is 11.7. The molecule has 1 aromatic carbocycles. The number of aryl methyl sites for hydroxylation is 1. The Bertz CT molecular complexity index is 546. The first kappa shape index (κ1) is 13.6. The van der Waals surface area contributed by atoms with E-state index in [2.05, 4.69) is 18.9 Å². The van der Waals surface area contributed by atoms with Crippen LogP contribution in [0.3, 0.4) is 0 Å². The van der Waals surface area contributed by atoms with Crippen LogP contribution in [0.15, 0.2) is 36.7 Å². The van der Waals surface area contributed by atoms with E-state index >= 15 is 0 Å². The maximum atomic E-state index is 5.97. The highest BCUT2D eigenvalue weighted by molar-refractivity contribution is 5.75. The molecule has 19 heavy (non-hydrogen) atoms. The highest BCUT2D eigenvalue weighted by Crippen LogP contribution is 2.25. The topological polar surface area (TPSA) is 53.1 Å². The fraction of sp³-hybridized carbons (Fsp3) is 0.400. The van der Waals surface area contributed by atoms with Crippen LogP contribution >= 0.6 is 0 Å². The lowest BCUT2D eigenvalue weighted by Crippen LogP contribution is -2.24. The Kier molecular flexibility index (Phi) is 3.90. The maximum absolute atomic E-state index is 5.97. The molecule has 0 radical (unpaired) electrons. The number of benzene rings is 1. The van der Waals surface area contributed by atoms with E-state index < -0.39 is 0 Å². The predicted molar refractivity (Wildman–Crippen MR) is 77.8 cm³/mol. The Labute approximate surface area is 114 Å². The molecule has 102 valence electrons. The summed E-state index contributed by atoms with van der Waals surface area (Å²) in [5.74, 6) is 0. The first-order valence-electron chi connectivity index (χ1n) is 6.44. The molecule has 0 spiro atoms. The fourth-order valence-electron chi connectivity index (χ4n) is 1.87. The first-order valence-corrected chi connectivity index (χ1v) is 6.44. The summed E-state index contributed by atoms with van der Waals surface area (Å²) in [4.78, 5) is 0. The molecule has 0 fully saturated rings. The lowest BCUT2D eigenvalue weighted by Gasteiger charge is -2.22. The van der Waals surface area contributed by atoms with Crippen LogP contribution in [0.4, 0.5) is 5.69 Å². The third kappa shape index (κ3) is 3.35. The van der Waals surface area contributed by atoms with Gasteiger partial charge in [0.1, 0.15) is 0 Å². The summed E-state index contributed by atoms with van der Waals surface area (Å²) < 4.78 is 7.34. The molecule has 1 heterocycles. The first-order chi connectivity index (χ1) is 9.02. The summed E-state index contributed by atoms with van der Waals surface area (Å²) in [6.45, 7) is 4.98. The quantitative estimate of drug-likeness (QED) is 0.840. The van der Waals surface area contributed by atoms with Gasteiger partial charge in [0.15, 0.2) is 0 Å². The van der Waals surface area contributed by atoms with E-state index in [0.29, 0.717) is 0 Å². The fourth-order valence-corrected chi connectivity index (χ4v) is 1.87. The van der Waals surface area contributed by atoms with Gasteiger partial charge in [-0.25, -0.2) is 0 Å². The molecule has 2 rings (SSSR count). The molecule has 0 saturated heterocycles. The minimum Gasteiger partial charge on any atom is -0.398 e. The van der Waals surface area contributed by atoms with Gasteiger partial charge in [-0.15, -0.1) is 0 Å². The molecule has 0 aliphatic heterocycles. The Balaban J connectivity index is 2.10. The molecule has 0 aliphatic rings. The van der Waals surface area contributed by atoms with Crippen molar-refractivity contribution < 1.29 is 4.74 Å². The molecular formula is C15H21N3O. The molecule has 4 heteroatoms. The summed E-state index contributed by atoms with van der Waals surface area (Å²) >= 11 is 0. The van der Waals surface area contributed by atoms with Gasteiger partial charge in [0.2, 0.25) is 0 Å². The van der Waals surface area contributed by atoms with Crippen LogP contribution in [0.25, 0.3) is 11.1 Å². The van der Waals surface area contributed by atoms with E-state index in [1.807, 2.05) is 41.3 Å². The zero-order valence-electron chi connectivity index (χ0n) is 11.8. The van der Waals surface area contributed by atoms with Gasteiger partial charge >= 0.3 is 0 Å². The number of nitrogens with two attached hydrogens (primary N) is 1. The third-order valence-electron chi connectivity index (χ3n) is 3.40. The van der Waals surface area contributed by atoms with Crippen LogP contribution in [0.5, 0.6) is 0 Å². The number of hydrogen-bond acceptors (Lipinski definition) is 3. The van der Waals surface area contributed by atoms with Crippen molar-refractivity contribution in [1.29, 1.82) is 0 Å². The van der Waals surface area contributed by atoms with E-state index in [1.165, 1.54) is 0 Å². The van der Waals surface area contributed by atoms with Crippen molar-refractivity contribution in [2.45, 2.75) is 32.4 Å². The number of hydrogen-bond donors (Lipinski definition) is 1. The van der Waals surface area contributed by atoms with Crippen LogP contribution < -0.4 is 5.73 Å². The van der Waals surface area contributed by atoms with Gasteiger partial charge in [0, 0.05) is 36.7 Å². The SMILES string of the molecule is COC(C)(C)CCn1cc(-c2ccccc2N)cn1. The van der Waals surface area contributed by atoms with Gasteiger partial charge in [-0.2, -0.15) is 5.10 Å². The number of rotatable bonds is 5. The van der Waals surface area contributed by atoms with E-state index in [4.69, 9.17) is 10.5 Å². The average molecular weight is 259 g/mol. The Hall–Kier alpha value is -1.81. The Morgan fingerprint density at radius 1 is 1.32 bits per heavy atom. The summed E-state index contributed by atoms with van der Waals surface area (Å²) in [6, 6.07) is 7.83. The van der Waals surface area contributed by atoms with Crippen LogP contribution in [0, 0.1) is 0 Å². The zero-order valence-corrected chi connectivity index (χ0v) is 11.8. The van der Waals surface area contributed by atoms with Gasteiger partial charge in [-0.3, -0.25) is 4.68 Å². The van der Waals surface area contributed by atoms with E-state index in [9.17, 15) is 0 Å². The second-order valence-electron chi connectivity index (χ2n) is 5.29. The van der Waals surface area contributed by atoms with Crippen molar-refractivity contribution in [2.24, 2.45) is 0 Å². The highest BCUT2D eigenvalue weighted by atomic mass is 16.5. The number of ether oxygens (including phenoxy) is 1. The molecule has 4 nitrogen and oxygen atoms in total. The summed E-state index contributed by atoms with van der Waals surface area (Å²) in [5, 5.41) is 4.38. The van der Waals surface area contributed by atoms with Crippen molar-refractivity contribution in [3.8, 4) is 11.1 Å². The van der Waals surface area contributed by atoms with Crippen molar-refractivity contribution in [3.63, 3.8) is 0 Å². The van der Waals surface area contributed by atoms with Gasteiger partial charge in [-0.05, 0) is 26.3 Å². The lowest BCUT2D eigenvalue weighted by atomic mass is 10.1. The number of para-hydroxylation sites is 1. The Morgan fingerprint density at radius 3 is 2.74 bits per heavy atom. The second-order valence-corrected chi connectivity index (χ2v) is 5.29. The van der Waals surface area contributed by atoms with Crippen LogP contribution in [-0.4, -0.2) is 22.5 Å². The maximum Gasteiger partial charge on any atom is 0.0640 e. The molecule has 0 unspecified atom stereocenters. The summed E-state index contributed by atoms with van der Waals surface area (Å²) in [6.07, 6.45) is 4.79. The van der Waals surface area contributed by atoms with E-state index in [0.717, 1.165) is 29.8 Å². The number of anilines is 1. The van der Waals surface area contributed by atoms with Gasteiger partial charge in [-0.1, -0.05) is 18.2 Å². The number of nitrogens with zero attached hydrogens (tertiary/aromatic N) is 2. The van der Waals surface area contributed by atoms with Crippen molar-refractivity contribution in [3.05, 3.63) is 36.7 Å². The minimum absolute atomic E-state index is 0.127. The molecule has 2 aromatic rings. The molecule has 0 amide bonds. The third-order valence-corrected chi connectivity index (χ3v) is 3.40. The van der Waals surface area contributed by atoms with Crippen LogP contribution in [-0.2, 0) is 11.3 Å². The monoisotopic (exact) mass is 259 g/mol. The largest absolute Gasteiger partial charge is 0.398 e. The second kappa shape index (κ2) is 5.45. The summed E-state index contributed by atoms with van der Waals surface area (Å²) in [7, 11) is 1.74. The molecule has 2 N–H and O–H groups in total. The van der Waals surface area contributed by atoms with Crippen molar-refractivity contribution >= 4 is 5.69 Å². The van der Waals surface area contributed by atoms with Crippen LogP contribution in [0.1, 0.15) is 20.3 Å². The summed E-state index contributed by atoms with van der Waals surface area (Å²) in [5.41, 5.74) is 8.70. The number of aromatic nitrogens is 2. The van der Waals surface area contributed by atoms with Crippen LogP contribution in [0.2, 0.25) is 0 Å². The molecular weight excluding hydrogens is 238 g/mol. The minimum atomic E-state index is -0.127. The predicted octanol–water partition coefficient (Wildman–Crippen LogP) is 2.95. The van der Waals surface area contributed by atoms with Crippen molar-refractivity contribution in [2.75, 3.05) is 12.8 Å². The molecule has 0 atom stereocenters. The average Bonchev–Trinajstić information content (AvgIpc) is 2.86. The lowest BCUT2D eigenvalue weighted by molar-refractivity contribution is 0.0113.